The minimum absolute atomic E-state index is 0.876. The highest BCUT2D eigenvalue weighted by Gasteiger charge is 2.14. The molecule has 15 heavy (non-hydrogen) atoms. The molecule has 1 fully saturated rings. The van der Waals surface area contributed by atoms with E-state index in [4.69, 9.17) is 0 Å². The molecule has 0 unspecified atom stereocenters. The summed E-state index contributed by atoms with van der Waals surface area (Å²) in [6, 6.07) is 6.27. The standard InChI is InChI=1S/C12H15Br2N/c13-10-5-6-12(11(14)7-10)15-8-9-3-1-2-4-9/h5-7,9,15H,1-4,8H2. The molecular formula is C12H15Br2N. The summed E-state index contributed by atoms with van der Waals surface area (Å²) in [7, 11) is 0. The number of anilines is 1. The lowest BCUT2D eigenvalue weighted by molar-refractivity contribution is 0.580. The summed E-state index contributed by atoms with van der Waals surface area (Å²) in [6.45, 7) is 1.11. The van der Waals surface area contributed by atoms with E-state index in [2.05, 4.69) is 55.4 Å². The van der Waals surface area contributed by atoms with Crippen molar-refractivity contribution in [1.82, 2.24) is 0 Å². The summed E-state index contributed by atoms with van der Waals surface area (Å²) in [6.07, 6.45) is 5.60. The maximum absolute atomic E-state index is 3.56. The molecule has 1 N–H and O–H groups in total. The Hall–Kier alpha value is -0.0200. The van der Waals surface area contributed by atoms with Crippen molar-refractivity contribution >= 4 is 37.5 Å². The predicted molar refractivity (Wildman–Crippen MR) is 72.3 cm³/mol. The van der Waals surface area contributed by atoms with Crippen LogP contribution in [0.15, 0.2) is 27.1 Å². The fourth-order valence-corrected chi connectivity index (χ4v) is 3.29. The van der Waals surface area contributed by atoms with Crippen molar-refractivity contribution in [1.29, 1.82) is 0 Å². The zero-order chi connectivity index (χ0) is 10.7. The Balaban J connectivity index is 1.92. The van der Waals surface area contributed by atoms with Gasteiger partial charge in [-0.2, -0.15) is 0 Å². The van der Waals surface area contributed by atoms with Crippen molar-refractivity contribution in [3.8, 4) is 0 Å². The smallest absolute Gasteiger partial charge is 0.0485 e. The van der Waals surface area contributed by atoms with E-state index in [1.54, 1.807) is 0 Å². The second-order valence-electron chi connectivity index (χ2n) is 4.16. The molecule has 1 aliphatic rings. The largest absolute Gasteiger partial charge is 0.384 e. The molecule has 0 radical (unpaired) electrons. The molecule has 0 heterocycles. The monoisotopic (exact) mass is 331 g/mol. The summed E-state index contributed by atoms with van der Waals surface area (Å²) in [5, 5.41) is 3.51. The second kappa shape index (κ2) is 5.35. The molecule has 1 saturated carbocycles. The summed E-state index contributed by atoms with van der Waals surface area (Å²) < 4.78 is 2.25. The zero-order valence-electron chi connectivity index (χ0n) is 8.60. The third-order valence-electron chi connectivity index (χ3n) is 2.99. The van der Waals surface area contributed by atoms with Gasteiger partial charge in [0.25, 0.3) is 0 Å². The molecule has 1 aliphatic carbocycles. The number of hydrogen-bond donors (Lipinski definition) is 1. The molecule has 1 aromatic rings. The molecule has 82 valence electrons. The van der Waals surface area contributed by atoms with Crippen molar-refractivity contribution < 1.29 is 0 Å². The van der Waals surface area contributed by atoms with E-state index in [1.165, 1.54) is 31.4 Å². The van der Waals surface area contributed by atoms with Crippen LogP contribution >= 0.6 is 31.9 Å². The van der Waals surface area contributed by atoms with Gasteiger partial charge in [-0.05, 0) is 52.9 Å². The first-order chi connectivity index (χ1) is 7.25. The van der Waals surface area contributed by atoms with Gasteiger partial charge in [0.05, 0.1) is 0 Å². The number of nitrogens with one attached hydrogen (secondary N) is 1. The molecule has 0 aromatic heterocycles. The normalized spacial score (nSPS) is 16.9. The van der Waals surface area contributed by atoms with Gasteiger partial charge in [-0.15, -0.1) is 0 Å². The van der Waals surface area contributed by atoms with Crippen LogP contribution < -0.4 is 5.32 Å². The third-order valence-corrected chi connectivity index (χ3v) is 4.14. The second-order valence-corrected chi connectivity index (χ2v) is 5.93. The third kappa shape index (κ3) is 3.22. The maximum Gasteiger partial charge on any atom is 0.0485 e. The van der Waals surface area contributed by atoms with Gasteiger partial charge in [0.1, 0.15) is 0 Å². The summed E-state index contributed by atoms with van der Waals surface area (Å²) in [5.41, 5.74) is 1.20. The lowest BCUT2D eigenvalue weighted by atomic mass is 10.1. The Labute approximate surface area is 108 Å². The van der Waals surface area contributed by atoms with Gasteiger partial charge in [0.15, 0.2) is 0 Å². The molecule has 0 bridgehead atoms. The topological polar surface area (TPSA) is 12.0 Å². The van der Waals surface area contributed by atoms with E-state index < -0.39 is 0 Å². The number of benzene rings is 1. The Kier molecular flexibility index (Phi) is 4.09. The van der Waals surface area contributed by atoms with Crippen molar-refractivity contribution in [2.45, 2.75) is 25.7 Å². The van der Waals surface area contributed by atoms with Gasteiger partial charge >= 0.3 is 0 Å². The summed E-state index contributed by atoms with van der Waals surface area (Å²) in [4.78, 5) is 0. The van der Waals surface area contributed by atoms with Crippen LogP contribution in [0.25, 0.3) is 0 Å². The maximum atomic E-state index is 3.56. The van der Waals surface area contributed by atoms with Crippen LogP contribution in [0, 0.1) is 5.92 Å². The van der Waals surface area contributed by atoms with Crippen molar-refractivity contribution in [2.24, 2.45) is 5.92 Å². The molecule has 2 rings (SSSR count). The van der Waals surface area contributed by atoms with Crippen LogP contribution in [0.2, 0.25) is 0 Å². The molecule has 0 amide bonds. The fourth-order valence-electron chi connectivity index (χ4n) is 2.10. The SMILES string of the molecule is Brc1ccc(NCC2CCCC2)c(Br)c1. The summed E-state index contributed by atoms with van der Waals surface area (Å²) in [5.74, 6) is 0.876. The predicted octanol–water partition coefficient (Wildman–Crippen LogP) is 4.81. The number of hydrogen-bond acceptors (Lipinski definition) is 1. The number of rotatable bonds is 3. The first-order valence-electron chi connectivity index (χ1n) is 5.44. The van der Waals surface area contributed by atoms with Crippen molar-refractivity contribution in [2.75, 3.05) is 11.9 Å². The van der Waals surface area contributed by atoms with Gasteiger partial charge in [0.2, 0.25) is 0 Å². The fraction of sp³-hybridized carbons (Fsp3) is 0.500. The van der Waals surface area contributed by atoms with Crippen LogP contribution in [-0.2, 0) is 0 Å². The van der Waals surface area contributed by atoms with Crippen molar-refractivity contribution in [3.05, 3.63) is 27.1 Å². The molecule has 0 aliphatic heterocycles. The lowest BCUT2D eigenvalue weighted by Gasteiger charge is -2.13. The Morgan fingerprint density at radius 3 is 2.60 bits per heavy atom. The molecule has 0 spiro atoms. The first-order valence-corrected chi connectivity index (χ1v) is 7.03. The average Bonchev–Trinajstić information content (AvgIpc) is 2.69. The van der Waals surface area contributed by atoms with Gasteiger partial charge in [0, 0.05) is 21.2 Å². The Bertz CT molecular complexity index is 332. The van der Waals surface area contributed by atoms with E-state index in [0.29, 0.717) is 0 Å². The van der Waals surface area contributed by atoms with Crippen molar-refractivity contribution in [3.63, 3.8) is 0 Å². The van der Waals surface area contributed by atoms with Gasteiger partial charge in [-0.25, -0.2) is 0 Å². The minimum atomic E-state index is 0.876. The van der Waals surface area contributed by atoms with Crippen LogP contribution in [0.4, 0.5) is 5.69 Å². The molecule has 1 aromatic carbocycles. The van der Waals surface area contributed by atoms with E-state index in [-0.39, 0.29) is 0 Å². The average molecular weight is 333 g/mol. The van der Waals surface area contributed by atoms with E-state index in [9.17, 15) is 0 Å². The highest BCUT2D eigenvalue weighted by Crippen LogP contribution is 2.28. The zero-order valence-corrected chi connectivity index (χ0v) is 11.8. The highest BCUT2D eigenvalue weighted by atomic mass is 79.9. The first kappa shape index (κ1) is 11.5. The lowest BCUT2D eigenvalue weighted by Crippen LogP contribution is -2.11. The molecule has 1 nitrogen and oxygen atoms in total. The van der Waals surface area contributed by atoms with Crippen LogP contribution in [0.5, 0.6) is 0 Å². The number of halogens is 2. The molecule has 3 heteroatoms. The van der Waals surface area contributed by atoms with Gasteiger partial charge in [-0.1, -0.05) is 28.8 Å². The van der Waals surface area contributed by atoms with Gasteiger partial charge < -0.3 is 5.32 Å². The summed E-state index contributed by atoms with van der Waals surface area (Å²) >= 11 is 7.02. The van der Waals surface area contributed by atoms with Gasteiger partial charge in [-0.3, -0.25) is 0 Å². The Morgan fingerprint density at radius 1 is 1.20 bits per heavy atom. The minimum Gasteiger partial charge on any atom is -0.384 e. The van der Waals surface area contributed by atoms with Crippen LogP contribution in [-0.4, -0.2) is 6.54 Å². The molecule has 0 saturated heterocycles. The molecule has 0 atom stereocenters. The quantitative estimate of drug-likeness (QED) is 0.837. The van der Waals surface area contributed by atoms with E-state index >= 15 is 0 Å². The van der Waals surface area contributed by atoms with E-state index in [1.807, 2.05) is 0 Å². The van der Waals surface area contributed by atoms with E-state index in [0.717, 1.165) is 21.4 Å². The van der Waals surface area contributed by atoms with Crippen LogP contribution in [0.3, 0.4) is 0 Å². The molecular weight excluding hydrogens is 318 g/mol. The Morgan fingerprint density at radius 2 is 1.93 bits per heavy atom. The highest BCUT2D eigenvalue weighted by molar-refractivity contribution is 9.11. The van der Waals surface area contributed by atoms with Crippen LogP contribution in [0.1, 0.15) is 25.7 Å².